The van der Waals surface area contributed by atoms with Crippen LogP contribution in [0.2, 0.25) is 0 Å². The molecule has 4 N–H and O–H groups in total. The van der Waals surface area contributed by atoms with Gasteiger partial charge in [0.25, 0.3) is 0 Å². The number of aliphatic hydroxyl groups is 1. The predicted octanol–water partition coefficient (Wildman–Crippen LogP) is 0.514. The molecule has 0 aliphatic carbocycles. The zero-order valence-corrected chi connectivity index (χ0v) is 10.1. The third-order valence-electron chi connectivity index (χ3n) is 2.31. The van der Waals surface area contributed by atoms with Crippen molar-refractivity contribution in [3.8, 4) is 6.07 Å². The molecule has 0 saturated carbocycles. The van der Waals surface area contributed by atoms with Gasteiger partial charge in [0.2, 0.25) is 0 Å². The van der Waals surface area contributed by atoms with Gasteiger partial charge in [-0.25, -0.2) is 9.59 Å². The number of nitrogens with zero attached hydrogens (tertiary/aromatic N) is 1. The number of hydrogen-bond acceptors (Lipinski definition) is 4. The van der Waals surface area contributed by atoms with Crippen molar-refractivity contribution in [2.75, 3.05) is 5.32 Å². The number of carboxylic acids is 1. The zero-order valence-electron chi connectivity index (χ0n) is 10.1. The minimum Gasteiger partial charge on any atom is -0.480 e. The van der Waals surface area contributed by atoms with E-state index in [1.54, 1.807) is 0 Å². The number of aliphatic carboxylic acids is 1. The number of carbonyl (C=O) groups is 2. The Morgan fingerprint density at radius 3 is 2.32 bits per heavy atom. The minimum absolute atomic E-state index is 0.409. The number of carbonyl (C=O) groups excluding carboxylic acids is 1. The Balaban J connectivity index is 2.64. The lowest BCUT2D eigenvalue weighted by Crippen LogP contribution is -2.49. The summed E-state index contributed by atoms with van der Waals surface area (Å²) in [5.41, 5.74) is 0.851. The summed E-state index contributed by atoms with van der Waals surface area (Å²) >= 11 is 0. The number of nitrogens with one attached hydrogen (secondary N) is 2. The number of aliphatic hydroxyl groups excluding tert-OH is 1. The van der Waals surface area contributed by atoms with Gasteiger partial charge in [0.15, 0.2) is 6.04 Å². The summed E-state index contributed by atoms with van der Waals surface area (Å²) in [6, 6.07) is 5.83. The molecule has 0 aliphatic rings. The van der Waals surface area contributed by atoms with Crippen LogP contribution in [0.25, 0.3) is 0 Å². The zero-order chi connectivity index (χ0) is 14.4. The molecule has 0 unspecified atom stereocenters. The first-order valence-electron chi connectivity index (χ1n) is 5.42. The topological polar surface area (TPSA) is 122 Å². The van der Waals surface area contributed by atoms with E-state index in [0.717, 1.165) is 0 Å². The molecule has 1 aromatic carbocycles. The first-order valence-corrected chi connectivity index (χ1v) is 5.42. The molecular weight excluding hydrogens is 250 g/mol. The second-order valence-electron chi connectivity index (χ2n) is 3.84. The van der Waals surface area contributed by atoms with Crippen LogP contribution in [0, 0.1) is 11.3 Å². The van der Waals surface area contributed by atoms with Gasteiger partial charge in [0.1, 0.15) is 0 Å². The Bertz CT molecular complexity index is 505. The molecule has 0 bridgehead atoms. The summed E-state index contributed by atoms with van der Waals surface area (Å²) in [6.07, 6.45) is -1.22. The Hall–Kier alpha value is -2.59. The van der Waals surface area contributed by atoms with Crippen LogP contribution in [0.15, 0.2) is 24.3 Å². The smallest absolute Gasteiger partial charge is 0.328 e. The molecule has 19 heavy (non-hydrogen) atoms. The van der Waals surface area contributed by atoms with E-state index < -0.39 is 24.1 Å². The van der Waals surface area contributed by atoms with Gasteiger partial charge in [-0.3, -0.25) is 0 Å². The number of rotatable bonds is 4. The lowest BCUT2D eigenvalue weighted by Gasteiger charge is -2.17. The molecule has 1 aromatic rings. The van der Waals surface area contributed by atoms with Gasteiger partial charge in [0, 0.05) is 5.69 Å². The fraction of sp³-hybridized carbons (Fsp3) is 0.250. The fourth-order valence-electron chi connectivity index (χ4n) is 1.33. The summed E-state index contributed by atoms with van der Waals surface area (Å²) in [5, 5.41) is 31.1. The standard InChI is InChI=1S/C12H13N3O4/c1-7(16)10(11(17)18)15-12(19)14-9-4-2-8(6-13)3-5-9/h2-5,7,10,16H,1H3,(H,17,18)(H2,14,15,19)/t7-,10+/m1/s1. The van der Waals surface area contributed by atoms with Crippen molar-refractivity contribution in [3.05, 3.63) is 29.8 Å². The van der Waals surface area contributed by atoms with Crippen LogP contribution in [-0.2, 0) is 4.79 Å². The van der Waals surface area contributed by atoms with Gasteiger partial charge >= 0.3 is 12.0 Å². The highest BCUT2D eigenvalue weighted by Gasteiger charge is 2.24. The summed E-state index contributed by atoms with van der Waals surface area (Å²) in [6.45, 7) is 1.26. The summed E-state index contributed by atoms with van der Waals surface area (Å²) in [7, 11) is 0. The molecule has 100 valence electrons. The van der Waals surface area contributed by atoms with E-state index in [-0.39, 0.29) is 0 Å². The molecule has 0 aliphatic heterocycles. The summed E-state index contributed by atoms with van der Waals surface area (Å²) < 4.78 is 0. The predicted molar refractivity (Wildman–Crippen MR) is 66.4 cm³/mol. The van der Waals surface area contributed by atoms with Crippen molar-refractivity contribution in [2.45, 2.75) is 19.1 Å². The third-order valence-corrected chi connectivity index (χ3v) is 2.31. The van der Waals surface area contributed by atoms with Crippen molar-refractivity contribution >= 4 is 17.7 Å². The van der Waals surface area contributed by atoms with E-state index in [4.69, 9.17) is 10.4 Å². The minimum atomic E-state index is -1.39. The maximum atomic E-state index is 11.5. The Labute approximate surface area is 109 Å². The molecule has 2 amide bonds. The molecular formula is C12H13N3O4. The number of nitriles is 1. The highest BCUT2D eigenvalue weighted by Crippen LogP contribution is 2.08. The van der Waals surface area contributed by atoms with Gasteiger partial charge in [-0.2, -0.15) is 5.26 Å². The summed E-state index contributed by atoms with van der Waals surface area (Å²) in [4.78, 5) is 22.3. The fourth-order valence-corrected chi connectivity index (χ4v) is 1.33. The van der Waals surface area contributed by atoms with Crippen molar-refractivity contribution < 1.29 is 19.8 Å². The Morgan fingerprint density at radius 1 is 1.32 bits per heavy atom. The number of hydrogen-bond donors (Lipinski definition) is 4. The van der Waals surface area contributed by atoms with Crippen LogP contribution in [0.1, 0.15) is 12.5 Å². The first kappa shape index (κ1) is 14.5. The van der Waals surface area contributed by atoms with E-state index in [2.05, 4.69) is 10.6 Å². The van der Waals surface area contributed by atoms with Crippen molar-refractivity contribution in [1.29, 1.82) is 5.26 Å². The molecule has 7 heteroatoms. The van der Waals surface area contributed by atoms with Crippen molar-refractivity contribution in [1.82, 2.24) is 5.32 Å². The van der Waals surface area contributed by atoms with Gasteiger partial charge in [-0.1, -0.05) is 0 Å². The highest BCUT2D eigenvalue weighted by molar-refractivity contribution is 5.92. The van der Waals surface area contributed by atoms with E-state index in [1.165, 1.54) is 31.2 Å². The number of urea groups is 1. The Morgan fingerprint density at radius 2 is 1.89 bits per heavy atom. The molecule has 0 fully saturated rings. The van der Waals surface area contributed by atoms with Gasteiger partial charge < -0.3 is 20.8 Å². The van der Waals surface area contributed by atoms with E-state index in [0.29, 0.717) is 11.3 Å². The second-order valence-corrected chi connectivity index (χ2v) is 3.84. The maximum absolute atomic E-state index is 11.5. The lowest BCUT2D eigenvalue weighted by molar-refractivity contribution is -0.141. The van der Waals surface area contributed by atoms with Crippen LogP contribution >= 0.6 is 0 Å². The average Bonchev–Trinajstić information content (AvgIpc) is 2.36. The van der Waals surface area contributed by atoms with Gasteiger partial charge in [-0.05, 0) is 31.2 Å². The molecule has 2 atom stereocenters. The summed E-state index contributed by atoms with van der Waals surface area (Å²) in [5.74, 6) is -1.33. The average molecular weight is 263 g/mol. The quantitative estimate of drug-likeness (QED) is 0.630. The number of carboxylic acid groups (broad SMARTS) is 1. The largest absolute Gasteiger partial charge is 0.480 e. The van der Waals surface area contributed by atoms with Crippen LogP contribution < -0.4 is 10.6 Å². The molecule has 0 spiro atoms. The molecule has 7 nitrogen and oxygen atoms in total. The highest BCUT2D eigenvalue weighted by atomic mass is 16.4. The monoisotopic (exact) mass is 263 g/mol. The maximum Gasteiger partial charge on any atom is 0.328 e. The van der Waals surface area contributed by atoms with Crippen LogP contribution in [-0.4, -0.2) is 34.4 Å². The van der Waals surface area contributed by atoms with Crippen molar-refractivity contribution in [3.63, 3.8) is 0 Å². The third kappa shape index (κ3) is 4.29. The van der Waals surface area contributed by atoms with E-state index in [1.807, 2.05) is 6.07 Å². The Kier molecular flexibility index (Phi) is 4.85. The molecule has 0 radical (unpaired) electrons. The molecule has 0 heterocycles. The normalized spacial score (nSPS) is 12.9. The SMILES string of the molecule is C[C@@H](O)[C@H](NC(=O)Nc1ccc(C#N)cc1)C(=O)O. The van der Waals surface area contributed by atoms with E-state index >= 15 is 0 Å². The number of anilines is 1. The van der Waals surface area contributed by atoms with Gasteiger partial charge in [0.05, 0.1) is 17.7 Å². The molecule has 0 saturated heterocycles. The van der Waals surface area contributed by atoms with Crippen LogP contribution in [0.4, 0.5) is 10.5 Å². The van der Waals surface area contributed by atoms with E-state index in [9.17, 15) is 14.7 Å². The molecule has 0 aromatic heterocycles. The first-order chi connectivity index (χ1) is 8.93. The number of amides is 2. The van der Waals surface area contributed by atoms with Crippen LogP contribution in [0.3, 0.4) is 0 Å². The number of benzene rings is 1. The van der Waals surface area contributed by atoms with Crippen molar-refractivity contribution in [2.24, 2.45) is 0 Å². The van der Waals surface area contributed by atoms with Gasteiger partial charge in [-0.15, -0.1) is 0 Å². The molecule has 1 rings (SSSR count). The lowest BCUT2D eigenvalue weighted by atomic mass is 10.2. The second kappa shape index (κ2) is 6.37. The van der Waals surface area contributed by atoms with Crippen LogP contribution in [0.5, 0.6) is 0 Å².